The minimum absolute atomic E-state index is 0.0233. The van der Waals surface area contributed by atoms with E-state index in [1.165, 1.54) is 0 Å². The Hall–Kier alpha value is -0.610. The van der Waals surface area contributed by atoms with Crippen LogP contribution in [0.25, 0.3) is 0 Å². The molecule has 0 unspecified atom stereocenters. The third-order valence-corrected chi connectivity index (χ3v) is 2.22. The summed E-state index contributed by atoms with van der Waals surface area (Å²) in [5.74, 6) is 0.0233. The molecule has 3 N–H and O–H groups in total. The van der Waals surface area contributed by atoms with Gasteiger partial charge in [-0.15, -0.1) is 0 Å². The Balaban J connectivity index is 3.83. The van der Waals surface area contributed by atoms with E-state index in [2.05, 4.69) is 31.4 Å². The van der Waals surface area contributed by atoms with Gasteiger partial charge in [0.25, 0.3) is 0 Å². The van der Waals surface area contributed by atoms with Gasteiger partial charge in [-0.1, -0.05) is 0 Å². The molecule has 0 radical (unpaired) electrons. The van der Waals surface area contributed by atoms with Crippen LogP contribution in [0.5, 0.6) is 0 Å². The van der Waals surface area contributed by atoms with Gasteiger partial charge in [-0.2, -0.15) is 0 Å². The molecule has 0 rings (SSSR count). The smallest absolute Gasteiger partial charge is 0.221 e. The van der Waals surface area contributed by atoms with Crippen molar-refractivity contribution in [3.05, 3.63) is 0 Å². The molecule has 0 aliphatic carbocycles. The van der Waals surface area contributed by atoms with Crippen LogP contribution in [0.2, 0.25) is 0 Å². The van der Waals surface area contributed by atoms with E-state index in [9.17, 15) is 4.79 Å². The van der Waals surface area contributed by atoms with Gasteiger partial charge >= 0.3 is 0 Å². The highest BCUT2D eigenvalue weighted by Crippen LogP contribution is 2.07. The molecule has 16 heavy (non-hydrogen) atoms. The van der Waals surface area contributed by atoms with E-state index in [1.807, 2.05) is 13.8 Å². The van der Waals surface area contributed by atoms with Gasteiger partial charge in [0.05, 0.1) is 0 Å². The largest absolute Gasteiger partial charge is 0.396 e. The summed E-state index contributed by atoms with van der Waals surface area (Å²) in [6, 6.07) is 0. The summed E-state index contributed by atoms with van der Waals surface area (Å²) >= 11 is 0. The third kappa shape index (κ3) is 8.68. The molecule has 0 aliphatic rings. The van der Waals surface area contributed by atoms with Crippen LogP contribution in [0.15, 0.2) is 0 Å². The Morgan fingerprint density at radius 3 is 2.19 bits per heavy atom. The van der Waals surface area contributed by atoms with Gasteiger partial charge in [-0.05, 0) is 41.0 Å². The molecule has 0 aromatic carbocycles. The Morgan fingerprint density at radius 1 is 1.19 bits per heavy atom. The second-order valence-corrected chi connectivity index (χ2v) is 5.83. The summed E-state index contributed by atoms with van der Waals surface area (Å²) in [5.41, 5.74) is -0.283. The number of amides is 1. The van der Waals surface area contributed by atoms with Crippen molar-refractivity contribution < 1.29 is 9.90 Å². The van der Waals surface area contributed by atoms with Crippen molar-refractivity contribution in [3.8, 4) is 0 Å². The van der Waals surface area contributed by atoms with Crippen molar-refractivity contribution in [2.75, 3.05) is 13.2 Å². The quantitative estimate of drug-likeness (QED) is 0.639. The number of carbonyl (C=O) groups excluding carboxylic acids is 1. The van der Waals surface area contributed by atoms with Crippen LogP contribution in [-0.2, 0) is 4.79 Å². The van der Waals surface area contributed by atoms with Crippen LogP contribution >= 0.6 is 0 Å². The Labute approximate surface area is 98.8 Å². The second-order valence-electron chi connectivity index (χ2n) is 5.83. The molecule has 0 aliphatic heterocycles. The van der Waals surface area contributed by atoms with Crippen LogP contribution in [0.1, 0.15) is 47.5 Å². The molecule has 0 aromatic heterocycles. The summed E-state index contributed by atoms with van der Waals surface area (Å²) < 4.78 is 0. The average molecular weight is 230 g/mol. The lowest BCUT2D eigenvalue weighted by Crippen LogP contribution is -2.45. The molecule has 0 bridgehead atoms. The molecule has 1 amide bonds. The van der Waals surface area contributed by atoms with E-state index in [0.29, 0.717) is 19.4 Å². The molecule has 0 atom stereocenters. The predicted molar refractivity (Wildman–Crippen MR) is 66.3 cm³/mol. The fourth-order valence-electron chi connectivity index (χ4n) is 1.33. The SMILES string of the molecule is CC(C)(C)NCCC(=O)NC(C)(C)CCO. The van der Waals surface area contributed by atoms with Crippen molar-refractivity contribution in [2.24, 2.45) is 0 Å². The second kappa shape index (κ2) is 6.21. The van der Waals surface area contributed by atoms with Crippen LogP contribution in [-0.4, -0.2) is 35.2 Å². The predicted octanol–water partition coefficient (Wildman–Crippen LogP) is 1.04. The molecule has 96 valence electrons. The topological polar surface area (TPSA) is 61.4 Å². The minimum atomic E-state index is -0.326. The van der Waals surface area contributed by atoms with Gasteiger partial charge in [0.1, 0.15) is 0 Å². The van der Waals surface area contributed by atoms with E-state index < -0.39 is 0 Å². The van der Waals surface area contributed by atoms with Crippen LogP contribution in [0.4, 0.5) is 0 Å². The Kier molecular flexibility index (Phi) is 5.97. The van der Waals surface area contributed by atoms with Crippen LogP contribution < -0.4 is 10.6 Å². The summed E-state index contributed by atoms with van der Waals surface area (Å²) in [6.07, 6.45) is 1.04. The molecule has 0 fully saturated rings. The van der Waals surface area contributed by atoms with Crippen molar-refractivity contribution in [1.29, 1.82) is 0 Å². The molecule has 0 aromatic rings. The molecule has 0 saturated heterocycles. The molecule has 0 heterocycles. The first-order valence-corrected chi connectivity index (χ1v) is 5.83. The maximum atomic E-state index is 11.6. The number of carbonyl (C=O) groups is 1. The lowest BCUT2D eigenvalue weighted by Gasteiger charge is -2.26. The maximum absolute atomic E-state index is 11.6. The fraction of sp³-hybridized carbons (Fsp3) is 0.917. The van der Waals surface area contributed by atoms with Crippen LogP contribution in [0, 0.1) is 0 Å². The zero-order chi connectivity index (χ0) is 12.8. The maximum Gasteiger partial charge on any atom is 0.221 e. The molecule has 4 nitrogen and oxygen atoms in total. The first-order chi connectivity index (χ1) is 7.16. The number of aliphatic hydroxyl groups excluding tert-OH is 1. The lowest BCUT2D eigenvalue weighted by molar-refractivity contribution is -0.122. The Morgan fingerprint density at radius 2 is 1.75 bits per heavy atom. The highest BCUT2D eigenvalue weighted by molar-refractivity contribution is 5.76. The lowest BCUT2D eigenvalue weighted by atomic mass is 10.0. The zero-order valence-corrected chi connectivity index (χ0v) is 11.2. The monoisotopic (exact) mass is 230 g/mol. The summed E-state index contributed by atoms with van der Waals surface area (Å²) in [7, 11) is 0. The van der Waals surface area contributed by atoms with E-state index >= 15 is 0 Å². The van der Waals surface area contributed by atoms with Gasteiger partial charge in [0.15, 0.2) is 0 Å². The highest BCUT2D eigenvalue weighted by atomic mass is 16.3. The Bertz CT molecular complexity index is 220. The van der Waals surface area contributed by atoms with E-state index in [4.69, 9.17) is 5.11 Å². The normalized spacial score (nSPS) is 12.6. The van der Waals surface area contributed by atoms with Crippen molar-refractivity contribution >= 4 is 5.91 Å². The van der Waals surface area contributed by atoms with E-state index in [1.54, 1.807) is 0 Å². The summed E-state index contributed by atoms with van der Waals surface area (Å²) in [4.78, 5) is 11.6. The van der Waals surface area contributed by atoms with Gasteiger partial charge in [0.2, 0.25) is 5.91 Å². The highest BCUT2D eigenvalue weighted by Gasteiger charge is 2.19. The summed E-state index contributed by atoms with van der Waals surface area (Å²) in [5, 5.41) is 15.0. The summed E-state index contributed by atoms with van der Waals surface area (Å²) in [6.45, 7) is 10.8. The third-order valence-electron chi connectivity index (χ3n) is 2.22. The number of rotatable bonds is 6. The van der Waals surface area contributed by atoms with Crippen molar-refractivity contribution in [3.63, 3.8) is 0 Å². The molecule has 0 saturated carbocycles. The molecule has 4 heteroatoms. The van der Waals surface area contributed by atoms with Crippen molar-refractivity contribution in [2.45, 2.75) is 58.5 Å². The molecular weight excluding hydrogens is 204 g/mol. The van der Waals surface area contributed by atoms with Gasteiger partial charge in [0, 0.05) is 30.7 Å². The first-order valence-electron chi connectivity index (χ1n) is 5.83. The zero-order valence-electron chi connectivity index (χ0n) is 11.2. The molecule has 0 spiro atoms. The number of hydrogen-bond donors (Lipinski definition) is 3. The first kappa shape index (κ1) is 15.4. The number of hydrogen-bond acceptors (Lipinski definition) is 3. The van der Waals surface area contributed by atoms with E-state index in [-0.39, 0.29) is 23.6 Å². The van der Waals surface area contributed by atoms with Gasteiger partial charge in [-0.3, -0.25) is 4.79 Å². The van der Waals surface area contributed by atoms with Gasteiger partial charge in [-0.25, -0.2) is 0 Å². The fourth-order valence-corrected chi connectivity index (χ4v) is 1.33. The van der Waals surface area contributed by atoms with Crippen molar-refractivity contribution in [1.82, 2.24) is 10.6 Å². The minimum Gasteiger partial charge on any atom is -0.396 e. The van der Waals surface area contributed by atoms with Crippen LogP contribution in [0.3, 0.4) is 0 Å². The molecular formula is C12H26N2O2. The number of nitrogens with one attached hydrogen (secondary N) is 2. The number of aliphatic hydroxyl groups is 1. The van der Waals surface area contributed by atoms with E-state index in [0.717, 1.165) is 0 Å². The average Bonchev–Trinajstić information content (AvgIpc) is 1.99. The standard InChI is InChI=1S/C12H26N2O2/c1-11(2,3)13-8-6-10(16)14-12(4,5)7-9-15/h13,15H,6-9H2,1-5H3,(H,14,16). The van der Waals surface area contributed by atoms with Gasteiger partial charge < -0.3 is 15.7 Å².